The number of carbonyl (C=O) groups excluding carboxylic acids is 1. The number of aromatic nitrogens is 2. The van der Waals surface area contributed by atoms with E-state index < -0.39 is 0 Å². The molecular formula is C29H27BrN2O2. The molecule has 5 heteroatoms. The predicted molar refractivity (Wildman–Crippen MR) is 141 cm³/mol. The van der Waals surface area contributed by atoms with Crippen molar-refractivity contribution in [1.82, 2.24) is 9.78 Å². The van der Waals surface area contributed by atoms with Gasteiger partial charge in [0.25, 0.3) is 0 Å². The molecule has 172 valence electrons. The molecule has 34 heavy (non-hydrogen) atoms. The average Bonchev–Trinajstić information content (AvgIpc) is 3.32. The van der Waals surface area contributed by atoms with Crippen LogP contribution >= 0.6 is 15.9 Å². The normalized spacial score (nSPS) is 16.9. The maximum Gasteiger partial charge on any atom is 0.150 e. The van der Waals surface area contributed by atoms with Gasteiger partial charge in [-0.1, -0.05) is 65.3 Å². The largest absolute Gasteiger partial charge is 0.356 e. The molecule has 1 aliphatic rings. The van der Waals surface area contributed by atoms with E-state index >= 15 is 0 Å². The van der Waals surface area contributed by atoms with Gasteiger partial charge in [0.1, 0.15) is 6.29 Å². The van der Waals surface area contributed by atoms with Crippen LogP contribution in [0.4, 0.5) is 0 Å². The highest BCUT2D eigenvalue weighted by molar-refractivity contribution is 9.10. The van der Waals surface area contributed by atoms with Crippen molar-refractivity contribution in [1.29, 1.82) is 0 Å². The van der Waals surface area contributed by atoms with Crippen LogP contribution in [0, 0.1) is 0 Å². The number of benzene rings is 3. The summed E-state index contributed by atoms with van der Waals surface area (Å²) in [6.45, 7) is 2.98. The van der Waals surface area contributed by atoms with Crippen LogP contribution in [0.2, 0.25) is 0 Å². The first-order valence-electron chi connectivity index (χ1n) is 11.8. The Morgan fingerprint density at radius 3 is 2.44 bits per heavy atom. The molecular weight excluding hydrogens is 488 g/mol. The number of ether oxygens (including phenoxy) is 1. The Labute approximate surface area is 208 Å². The van der Waals surface area contributed by atoms with Gasteiger partial charge >= 0.3 is 0 Å². The number of nitrogens with zero attached hydrogens (tertiary/aromatic N) is 2. The topological polar surface area (TPSA) is 44.1 Å². The molecule has 1 aromatic heterocycles. The smallest absolute Gasteiger partial charge is 0.150 e. The molecule has 0 radical (unpaired) electrons. The standard InChI is InChI=1S/C29H27BrN2O2/c1-2-26(21-10-13-25(30)14-11-21)29(22-8-6-20(19-33)7-9-22)23-12-15-27-24(17-23)18-31-32(27)28-5-3-4-16-34-28/h6-15,17-19,28H,2-5,16H2,1H3/b29-26-. The van der Waals surface area contributed by atoms with Crippen LogP contribution in [0.1, 0.15) is 65.9 Å². The van der Waals surface area contributed by atoms with Crippen molar-refractivity contribution in [2.45, 2.75) is 38.8 Å². The summed E-state index contributed by atoms with van der Waals surface area (Å²) in [5.74, 6) is 0. The van der Waals surface area contributed by atoms with E-state index in [0.29, 0.717) is 5.56 Å². The summed E-state index contributed by atoms with van der Waals surface area (Å²) in [5.41, 5.74) is 7.61. The zero-order chi connectivity index (χ0) is 23.5. The predicted octanol–water partition coefficient (Wildman–Crippen LogP) is 7.68. The zero-order valence-corrected chi connectivity index (χ0v) is 20.8. The van der Waals surface area contributed by atoms with Gasteiger partial charge in [0.2, 0.25) is 0 Å². The van der Waals surface area contributed by atoms with Gasteiger partial charge in [0.05, 0.1) is 11.7 Å². The lowest BCUT2D eigenvalue weighted by atomic mass is 9.87. The number of allylic oxidation sites excluding steroid dienone is 1. The molecule has 1 saturated heterocycles. The van der Waals surface area contributed by atoms with Crippen molar-refractivity contribution < 1.29 is 9.53 Å². The lowest BCUT2D eigenvalue weighted by molar-refractivity contribution is -0.0366. The third kappa shape index (κ3) is 4.50. The van der Waals surface area contributed by atoms with Gasteiger partial charge in [-0.2, -0.15) is 5.10 Å². The van der Waals surface area contributed by atoms with Crippen LogP contribution in [0.5, 0.6) is 0 Å². The molecule has 0 saturated carbocycles. The number of halogens is 1. The van der Waals surface area contributed by atoms with Crippen LogP contribution in [-0.4, -0.2) is 22.7 Å². The number of fused-ring (bicyclic) bond motifs is 1. The minimum Gasteiger partial charge on any atom is -0.356 e. The fourth-order valence-corrected chi connectivity index (χ4v) is 5.04. The van der Waals surface area contributed by atoms with Crippen LogP contribution in [0.15, 0.2) is 77.4 Å². The highest BCUT2D eigenvalue weighted by Crippen LogP contribution is 2.36. The minimum atomic E-state index is 0.0111. The molecule has 0 aliphatic carbocycles. The second-order valence-corrected chi connectivity index (χ2v) is 9.55. The number of rotatable bonds is 6. The van der Waals surface area contributed by atoms with Crippen LogP contribution in [0.25, 0.3) is 22.0 Å². The summed E-state index contributed by atoms with van der Waals surface area (Å²) in [6, 6.07) is 22.9. The number of hydrogen-bond donors (Lipinski definition) is 0. The molecule has 5 rings (SSSR count). The number of carbonyl (C=O) groups is 1. The Morgan fingerprint density at radius 2 is 1.76 bits per heavy atom. The Balaban J connectivity index is 1.66. The molecule has 3 aromatic carbocycles. The van der Waals surface area contributed by atoms with Gasteiger partial charge in [0, 0.05) is 22.0 Å². The van der Waals surface area contributed by atoms with Crippen molar-refractivity contribution in [3.63, 3.8) is 0 Å². The first kappa shape index (κ1) is 22.8. The van der Waals surface area contributed by atoms with Crippen LogP contribution in [-0.2, 0) is 4.74 Å². The van der Waals surface area contributed by atoms with E-state index in [4.69, 9.17) is 4.74 Å². The number of hydrogen-bond acceptors (Lipinski definition) is 3. The van der Waals surface area contributed by atoms with E-state index in [-0.39, 0.29) is 6.23 Å². The molecule has 0 amide bonds. The monoisotopic (exact) mass is 514 g/mol. The molecule has 1 aliphatic heterocycles. The van der Waals surface area contributed by atoms with E-state index in [1.807, 2.05) is 35.1 Å². The van der Waals surface area contributed by atoms with Gasteiger partial charge in [-0.25, -0.2) is 4.68 Å². The van der Waals surface area contributed by atoms with Crippen molar-refractivity contribution in [2.24, 2.45) is 0 Å². The molecule has 0 N–H and O–H groups in total. The quantitative estimate of drug-likeness (QED) is 0.195. The molecule has 1 unspecified atom stereocenters. The van der Waals surface area contributed by atoms with Gasteiger partial charge in [-0.15, -0.1) is 0 Å². The lowest BCUT2D eigenvalue weighted by Gasteiger charge is -2.23. The summed E-state index contributed by atoms with van der Waals surface area (Å²) >= 11 is 3.55. The first-order chi connectivity index (χ1) is 16.7. The van der Waals surface area contributed by atoms with E-state index in [1.165, 1.54) is 23.1 Å². The molecule has 4 nitrogen and oxygen atoms in total. The van der Waals surface area contributed by atoms with Gasteiger partial charge < -0.3 is 4.74 Å². The highest BCUT2D eigenvalue weighted by atomic mass is 79.9. The molecule has 0 spiro atoms. The molecule has 1 fully saturated rings. The van der Waals surface area contributed by atoms with E-state index in [1.54, 1.807) is 0 Å². The molecule has 4 aromatic rings. The summed E-state index contributed by atoms with van der Waals surface area (Å²) < 4.78 is 9.06. The second kappa shape index (κ2) is 10.1. The Morgan fingerprint density at radius 1 is 1.03 bits per heavy atom. The van der Waals surface area contributed by atoms with Crippen molar-refractivity contribution in [3.05, 3.63) is 99.7 Å². The maximum absolute atomic E-state index is 11.2. The molecule has 0 bridgehead atoms. The summed E-state index contributed by atoms with van der Waals surface area (Å²) in [5, 5.41) is 5.78. The Bertz CT molecular complexity index is 1330. The fraction of sp³-hybridized carbons (Fsp3) is 0.241. The molecule has 1 atom stereocenters. The zero-order valence-electron chi connectivity index (χ0n) is 19.2. The minimum absolute atomic E-state index is 0.0111. The van der Waals surface area contributed by atoms with Gasteiger partial charge in [-0.3, -0.25) is 4.79 Å². The third-order valence-corrected chi connectivity index (χ3v) is 7.02. The highest BCUT2D eigenvalue weighted by Gasteiger charge is 2.20. The fourth-order valence-electron chi connectivity index (χ4n) is 4.77. The lowest BCUT2D eigenvalue weighted by Crippen LogP contribution is -2.18. The van der Waals surface area contributed by atoms with Gasteiger partial charge in [0.15, 0.2) is 6.23 Å². The van der Waals surface area contributed by atoms with E-state index in [0.717, 1.165) is 58.7 Å². The molecule has 2 heterocycles. The van der Waals surface area contributed by atoms with E-state index in [2.05, 4.69) is 70.4 Å². The first-order valence-corrected chi connectivity index (χ1v) is 12.6. The summed E-state index contributed by atoms with van der Waals surface area (Å²) in [4.78, 5) is 11.2. The van der Waals surface area contributed by atoms with Crippen molar-refractivity contribution in [2.75, 3.05) is 6.61 Å². The SMILES string of the molecule is CC/C(=C(\c1ccc(C=O)cc1)c1ccc2c(cnn2C2CCCCO2)c1)c1ccc(Br)cc1. The van der Waals surface area contributed by atoms with Crippen LogP contribution in [0.3, 0.4) is 0 Å². The maximum atomic E-state index is 11.2. The van der Waals surface area contributed by atoms with Gasteiger partial charge in [-0.05, 0) is 77.8 Å². The summed E-state index contributed by atoms with van der Waals surface area (Å²) in [7, 11) is 0. The average molecular weight is 515 g/mol. The number of aldehydes is 1. The Kier molecular flexibility index (Phi) is 6.75. The van der Waals surface area contributed by atoms with Crippen molar-refractivity contribution >= 4 is 44.3 Å². The second-order valence-electron chi connectivity index (χ2n) is 8.64. The Hall–Kier alpha value is -3.02. The van der Waals surface area contributed by atoms with Crippen LogP contribution < -0.4 is 0 Å². The third-order valence-electron chi connectivity index (χ3n) is 6.50. The van der Waals surface area contributed by atoms with Crippen molar-refractivity contribution in [3.8, 4) is 0 Å². The summed E-state index contributed by atoms with van der Waals surface area (Å²) in [6.07, 6.45) is 6.99. The van der Waals surface area contributed by atoms with E-state index in [9.17, 15) is 4.79 Å².